The molecule has 128 valence electrons. The van der Waals surface area contributed by atoms with Crippen LogP contribution in [-0.2, 0) is 4.74 Å². The number of rotatable bonds is 5. The van der Waals surface area contributed by atoms with E-state index in [9.17, 15) is 0 Å². The van der Waals surface area contributed by atoms with Gasteiger partial charge in [-0.25, -0.2) is 0 Å². The van der Waals surface area contributed by atoms with Gasteiger partial charge in [0.05, 0.1) is 12.6 Å². The van der Waals surface area contributed by atoms with Gasteiger partial charge >= 0.3 is 0 Å². The predicted octanol–water partition coefficient (Wildman–Crippen LogP) is 1.84. The van der Waals surface area contributed by atoms with Crippen LogP contribution in [0, 0.1) is 5.92 Å². The molecule has 2 saturated heterocycles. The van der Waals surface area contributed by atoms with Crippen LogP contribution in [0.25, 0.3) is 0 Å². The quantitative estimate of drug-likeness (QED) is 0.601. The first-order valence-corrected chi connectivity index (χ1v) is 9.00. The molecule has 0 aliphatic carbocycles. The number of nitrogens with one attached hydrogen (secondary N) is 2. The van der Waals surface area contributed by atoms with Crippen LogP contribution in [0.1, 0.15) is 47.0 Å². The lowest BCUT2D eigenvalue weighted by Gasteiger charge is -2.23. The Bertz CT molecular complexity index is 353. The molecule has 2 N–H and O–H groups in total. The summed E-state index contributed by atoms with van der Waals surface area (Å²) in [7, 11) is 0. The van der Waals surface area contributed by atoms with Gasteiger partial charge in [-0.2, -0.15) is 0 Å². The molecule has 0 bridgehead atoms. The Morgan fingerprint density at radius 2 is 2.14 bits per heavy atom. The topological polar surface area (TPSA) is 48.9 Å². The summed E-state index contributed by atoms with van der Waals surface area (Å²) in [6, 6.07) is 1.09. The van der Waals surface area contributed by atoms with E-state index >= 15 is 0 Å². The van der Waals surface area contributed by atoms with Crippen LogP contribution in [0.4, 0.5) is 0 Å². The molecule has 2 heterocycles. The first kappa shape index (κ1) is 17.5. The average Bonchev–Trinajstić information content (AvgIpc) is 2.87. The maximum atomic E-state index is 5.78. The van der Waals surface area contributed by atoms with Crippen molar-refractivity contribution in [1.29, 1.82) is 0 Å². The summed E-state index contributed by atoms with van der Waals surface area (Å²) >= 11 is 0. The molecule has 3 unspecified atom stereocenters. The SMILES string of the molecule is CCNC(=NCC1CCCCO1)NC1CN(C(C)C)CC1C. The van der Waals surface area contributed by atoms with Gasteiger partial charge in [0.15, 0.2) is 5.96 Å². The van der Waals surface area contributed by atoms with E-state index in [1.807, 2.05) is 0 Å². The van der Waals surface area contributed by atoms with Gasteiger partial charge in [0.1, 0.15) is 0 Å². The molecule has 0 aromatic heterocycles. The summed E-state index contributed by atoms with van der Waals surface area (Å²) in [6.45, 7) is 13.8. The number of nitrogens with zero attached hydrogens (tertiary/aromatic N) is 2. The Morgan fingerprint density at radius 1 is 1.32 bits per heavy atom. The van der Waals surface area contributed by atoms with Gasteiger partial charge in [-0.05, 0) is 46.0 Å². The van der Waals surface area contributed by atoms with Gasteiger partial charge in [-0.1, -0.05) is 6.92 Å². The molecule has 2 rings (SSSR count). The Labute approximate surface area is 135 Å². The van der Waals surface area contributed by atoms with E-state index in [0.717, 1.165) is 38.6 Å². The lowest BCUT2D eigenvalue weighted by Crippen LogP contribution is -2.47. The normalized spacial score (nSPS) is 30.8. The minimum Gasteiger partial charge on any atom is -0.376 e. The van der Waals surface area contributed by atoms with Crippen LogP contribution < -0.4 is 10.6 Å². The van der Waals surface area contributed by atoms with Gasteiger partial charge in [0, 0.05) is 38.3 Å². The van der Waals surface area contributed by atoms with Crippen molar-refractivity contribution in [2.45, 2.75) is 65.1 Å². The zero-order valence-corrected chi connectivity index (χ0v) is 14.8. The first-order valence-electron chi connectivity index (χ1n) is 9.00. The summed E-state index contributed by atoms with van der Waals surface area (Å²) in [5.41, 5.74) is 0. The monoisotopic (exact) mass is 310 g/mol. The minimum atomic E-state index is 0.303. The molecule has 0 amide bonds. The summed E-state index contributed by atoms with van der Waals surface area (Å²) in [5, 5.41) is 7.01. The highest BCUT2D eigenvalue weighted by Crippen LogP contribution is 2.18. The van der Waals surface area contributed by atoms with Crippen LogP contribution in [0.2, 0.25) is 0 Å². The van der Waals surface area contributed by atoms with Crippen molar-refractivity contribution >= 4 is 5.96 Å². The van der Waals surface area contributed by atoms with Crippen molar-refractivity contribution in [1.82, 2.24) is 15.5 Å². The van der Waals surface area contributed by atoms with Gasteiger partial charge in [0.2, 0.25) is 0 Å². The van der Waals surface area contributed by atoms with Crippen molar-refractivity contribution in [2.75, 3.05) is 32.8 Å². The molecule has 22 heavy (non-hydrogen) atoms. The second-order valence-electron chi connectivity index (χ2n) is 6.98. The van der Waals surface area contributed by atoms with Crippen molar-refractivity contribution < 1.29 is 4.74 Å². The minimum absolute atomic E-state index is 0.303. The number of ether oxygens (including phenoxy) is 1. The third-order valence-corrected chi connectivity index (χ3v) is 4.76. The third-order valence-electron chi connectivity index (χ3n) is 4.76. The molecule has 2 aliphatic rings. The fourth-order valence-electron chi connectivity index (χ4n) is 3.25. The van der Waals surface area contributed by atoms with E-state index in [4.69, 9.17) is 9.73 Å². The molecule has 5 heteroatoms. The van der Waals surface area contributed by atoms with Gasteiger partial charge in [-0.15, -0.1) is 0 Å². The Balaban J connectivity index is 1.87. The lowest BCUT2D eigenvalue weighted by atomic mass is 10.1. The molecule has 0 aromatic rings. The second-order valence-corrected chi connectivity index (χ2v) is 6.98. The second kappa shape index (κ2) is 8.73. The van der Waals surface area contributed by atoms with Gasteiger partial charge < -0.3 is 15.4 Å². The van der Waals surface area contributed by atoms with Crippen molar-refractivity contribution in [3.63, 3.8) is 0 Å². The zero-order valence-electron chi connectivity index (χ0n) is 14.8. The fourth-order valence-corrected chi connectivity index (χ4v) is 3.25. The number of likely N-dealkylation sites (tertiary alicyclic amines) is 1. The molecule has 5 nitrogen and oxygen atoms in total. The maximum Gasteiger partial charge on any atom is 0.191 e. The maximum absolute atomic E-state index is 5.78. The van der Waals surface area contributed by atoms with E-state index in [0.29, 0.717) is 24.1 Å². The van der Waals surface area contributed by atoms with Gasteiger partial charge in [0.25, 0.3) is 0 Å². The predicted molar refractivity (Wildman–Crippen MR) is 92.4 cm³/mol. The highest BCUT2D eigenvalue weighted by atomic mass is 16.5. The molecule has 3 atom stereocenters. The van der Waals surface area contributed by atoms with Crippen LogP contribution in [-0.4, -0.2) is 61.8 Å². The molecule has 0 aromatic carbocycles. The Morgan fingerprint density at radius 3 is 2.73 bits per heavy atom. The van der Waals surface area contributed by atoms with Crippen LogP contribution in [0.15, 0.2) is 4.99 Å². The largest absolute Gasteiger partial charge is 0.376 e. The standard InChI is InChI=1S/C17H34N4O/c1-5-18-17(19-10-15-8-6-7-9-22-15)20-16-12-21(13(2)3)11-14(16)4/h13-16H,5-12H2,1-4H3,(H2,18,19,20). The van der Waals surface area contributed by atoms with E-state index in [2.05, 4.69) is 43.2 Å². The molecule has 2 fully saturated rings. The van der Waals surface area contributed by atoms with E-state index in [-0.39, 0.29) is 0 Å². The molecular weight excluding hydrogens is 276 g/mol. The van der Waals surface area contributed by atoms with E-state index < -0.39 is 0 Å². The Hall–Kier alpha value is -0.810. The van der Waals surface area contributed by atoms with Gasteiger partial charge in [-0.3, -0.25) is 9.89 Å². The van der Waals surface area contributed by atoms with Crippen molar-refractivity contribution in [3.8, 4) is 0 Å². The van der Waals surface area contributed by atoms with Crippen molar-refractivity contribution in [2.24, 2.45) is 10.9 Å². The van der Waals surface area contributed by atoms with E-state index in [1.54, 1.807) is 0 Å². The summed E-state index contributed by atoms with van der Waals surface area (Å²) in [4.78, 5) is 7.29. The summed E-state index contributed by atoms with van der Waals surface area (Å²) in [5.74, 6) is 1.59. The fraction of sp³-hybridized carbons (Fsp3) is 0.941. The average molecular weight is 310 g/mol. The zero-order chi connectivity index (χ0) is 15.9. The highest BCUT2D eigenvalue weighted by molar-refractivity contribution is 5.80. The van der Waals surface area contributed by atoms with E-state index in [1.165, 1.54) is 19.4 Å². The van der Waals surface area contributed by atoms with Crippen LogP contribution in [0.3, 0.4) is 0 Å². The molecule has 2 aliphatic heterocycles. The van der Waals surface area contributed by atoms with Crippen LogP contribution in [0.5, 0.6) is 0 Å². The molecular formula is C17H34N4O. The summed E-state index contributed by atoms with van der Waals surface area (Å²) in [6.07, 6.45) is 3.91. The highest BCUT2D eigenvalue weighted by Gasteiger charge is 2.31. The number of guanidine groups is 1. The molecule has 0 radical (unpaired) electrons. The molecule has 0 spiro atoms. The number of hydrogen-bond donors (Lipinski definition) is 2. The van der Waals surface area contributed by atoms with Crippen LogP contribution >= 0.6 is 0 Å². The number of hydrogen-bond acceptors (Lipinski definition) is 3. The number of aliphatic imine (C=N–C) groups is 1. The summed E-state index contributed by atoms with van der Waals surface area (Å²) < 4.78 is 5.78. The van der Waals surface area contributed by atoms with Crippen molar-refractivity contribution in [3.05, 3.63) is 0 Å². The third kappa shape index (κ3) is 5.13. The first-order chi connectivity index (χ1) is 10.6. The Kier molecular flexibility index (Phi) is 6.96. The smallest absolute Gasteiger partial charge is 0.191 e. The lowest BCUT2D eigenvalue weighted by molar-refractivity contribution is 0.0224. The molecule has 0 saturated carbocycles.